The van der Waals surface area contributed by atoms with E-state index in [9.17, 15) is 0 Å². The highest BCUT2D eigenvalue weighted by Crippen LogP contribution is 2.20. The summed E-state index contributed by atoms with van der Waals surface area (Å²) in [6.07, 6.45) is 0. The monoisotopic (exact) mass is 246 g/mol. The highest BCUT2D eigenvalue weighted by Gasteiger charge is 2.06. The van der Waals surface area contributed by atoms with Gasteiger partial charge in [-0.15, -0.1) is 0 Å². The second kappa shape index (κ2) is 5.95. The average molecular weight is 246 g/mol. The van der Waals surface area contributed by atoms with Crippen molar-refractivity contribution in [3.05, 3.63) is 36.4 Å². The van der Waals surface area contributed by atoms with E-state index in [2.05, 4.69) is 15.4 Å². The number of aliphatic hydroxyl groups is 1. The fourth-order valence-electron chi connectivity index (χ4n) is 1.44. The molecule has 6 heteroatoms. The molecule has 18 heavy (non-hydrogen) atoms. The Kier molecular flexibility index (Phi) is 4.06. The van der Waals surface area contributed by atoms with Gasteiger partial charge in [-0.3, -0.25) is 0 Å². The molecule has 0 saturated heterocycles. The van der Waals surface area contributed by atoms with E-state index in [1.807, 2.05) is 30.3 Å². The summed E-state index contributed by atoms with van der Waals surface area (Å²) in [6.45, 7) is 0.102. The third-order valence-corrected chi connectivity index (χ3v) is 2.22. The van der Waals surface area contributed by atoms with Gasteiger partial charge in [-0.1, -0.05) is 30.3 Å². The minimum absolute atomic E-state index is 0.0734. The van der Waals surface area contributed by atoms with Crippen molar-refractivity contribution in [2.75, 3.05) is 18.6 Å². The second-order valence-electron chi connectivity index (χ2n) is 3.50. The molecule has 1 aromatic heterocycles. The van der Waals surface area contributed by atoms with E-state index >= 15 is 0 Å². The molecule has 0 bridgehead atoms. The number of nitrogens with one attached hydrogen (secondary N) is 1. The summed E-state index contributed by atoms with van der Waals surface area (Å²) in [5.41, 5.74) is 3.32. The first kappa shape index (κ1) is 12.3. The van der Waals surface area contributed by atoms with Crippen LogP contribution in [0.1, 0.15) is 0 Å². The Morgan fingerprint density at radius 2 is 2.00 bits per heavy atom. The number of hydrazine groups is 1. The third-order valence-electron chi connectivity index (χ3n) is 2.22. The molecule has 0 aliphatic rings. The van der Waals surface area contributed by atoms with E-state index in [-0.39, 0.29) is 13.2 Å². The lowest BCUT2D eigenvalue weighted by Gasteiger charge is -2.08. The minimum atomic E-state index is -0.0734. The lowest BCUT2D eigenvalue weighted by Crippen LogP contribution is -2.11. The Balaban J connectivity index is 2.35. The van der Waals surface area contributed by atoms with Crippen LogP contribution < -0.4 is 16.0 Å². The molecule has 1 aromatic carbocycles. The number of nitrogen functional groups attached to an aromatic ring is 1. The van der Waals surface area contributed by atoms with E-state index in [0.29, 0.717) is 17.5 Å². The number of anilines is 1. The quantitative estimate of drug-likeness (QED) is 0.533. The molecule has 0 spiro atoms. The zero-order valence-corrected chi connectivity index (χ0v) is 9.71. The van der Waals surface area contributed by atoms with E-state index in [1.165, 1.54) is 0 Å². The molecule has 94 valence electrons. The van der Waals surface area contributed by atoms with Gasteiger partial charge in [-0.2, -0.15) is 4.98 Å². The standard InChI is InChI=1S/C12H14N4O2/c13-16-10-8-11(18-7-6-17)15-12(14-10)9-4-2-1-3-5-9/h1-5,8,17H,6-7,13H2,(H,14,15,16). The molecule has 0 atom stereocenters. The molecule has 1 heterocycles. The molecule has 0 unspecified atom stereocenters. The van der Waals surface area contributed by atoms with E-state index < -0.39 is 0 Å². The van der Waals surface area contributed by atoms with Gasteiger partial charge in [-0.25, -0.2) is 10.8 Å². The van der Waals surface area contributed by atoms with E-state index in [0.717, 1.165) is 5.56 Å². The van der Waals surface area contributed by atoms with Crippen molar-refractivity contribution >= 4 is 5.82 Å². The number of nitrogens with zero attached hydrogens (tertiary/aromatic N) is 2. The number of benzene rings is 1. The van der Waals surface area contributed by atoms with Crippen molar-refractivity contribution in [2.24, 2.45) is 5.84 Å². The topological polar surface area (TPSA) is 93.3 Å². The van der Waals surface area contributed by atoms with Gasteiger partial charge < -0.3 is 15.3 Å². The van der Waals surface area contributed by atoms with Gasteiger partial charge in [0.15, 0.2) is 5.82 Å². The molecule has 0 radical (unpaired) electrons. The van der Waals surface area contributed by atoms with Crippen LogP contribution in [0.2, 0.25) is 0 Å². The number of ether oxygens (including phenoxy) is 1. The van der Waals surface area contributed by atoms with Crippen LogP contribution in [0.15, 0.2) is 36.4 Å². The largest absolute Gasteiger partial charge is 0.475 e. The molecule has 0 aliphatic carbocycles. The molecule has 0 saturated carbocycles. The number of nitrogens with two attached hydrogens (primary N) is 1. The third kappa shape index (κ3) is 2.93. The van der Waals surface area contributed by atoms with Crippen LogP contribution in [-0.4, -0.2) is 28.3 Å². The second-order valence-corrected chi connectivity index (χ2v) is 3.50. The van der Waals surface area contributed by atoms with Gasteiger partial charge in [0.2, 0.25) is 5.88 Å². The van der Waals surface area contributed by atoms with Crippen molar-refractivity contribution in [1.82, 2.24) is 9.97 Å². The summed E-state index contributed by atoms with van der Waals surface area (Å²) >= 11 is 0. The van der Waals surface area contributed by atoms with Crippen molar-refractivity contribution in [3.63, 3.8) is 0 Å². The first-order valence-electron chi connectivity index (χ1n) is 5.48. The number of aromatic nitrogens is 2. The van der Waals surface area contributed by atoms with Gasteiger partial charge in [0.05, 0.1) is 6.61 Å². The van der Waals surface area contributed by atoms with Crippen LogP contribution in [0, 0.1) is 0 Å². The fourth-order valence-corrected chi connectivity index (χ4v) is 1.44. The lowest BCUT2D eigenvalue weighted by molar-refractivity contribution is 0.196. The SMILES string of the molecule is NNc1cc(OCCO)nc(-c2ccccc2)n1. The van der Waals surface area contributed by atoms with Gasteiger partial charge in [-0.05, 0) is 0 Å². The molecular weight excluding hydrogens is 232 g/mol. The summed E-state index contributed by atoms with van der Waals surface area (Å²) in [4.78, 5) is 8.49. The summed E-state index contributed by atoms with van der Waals surface area (Å²) in [5, 5.41) is 8.73. The average Bonchev–Trinajstić information content (AvgIpc) is 2.45. The summed E-state index contributed by atoms with van der Waals surface area (Å²) in [7, 11) is 0. The number of hydrogen-bond acceptors (Lipinski definition) is 6. The molecule has 0 amide bonds. The Morgan fingerprint density at radius 3 is 2.67 bits per heavy atom. The number of hydrogen-bond donors (Lipinski definition) is 3. The Labute approximate surface area is 104 Å². The zero-order chi connectivity index (χ0) is 12.8. The first-order valence-corrected chi connectivity index (χ1v) is 5.48. The molecule has 0 fully saturated rings. The Morgan fingerprint density at radius 1 is 1.22 bits per heavy atom. The van der Waals surface area contributed by atoms with Crippen LogP contribution in [0.4, 0.5) is 5.82 Å². The molecule has 2 aromatic rings. The fraction of sp³-hybridized carbons (Fsp3) is 0.167. The maximum Gasteiger partial charge on any atom is 0.219 e. The Bertz CT molecular complexity index is 505. The predicted octanol–water partition coefficient (Wildman–Crippen LogP) is 0.800. The molecule has 2 rings (SSSR count). The predicted molar refractivity (Wildman–Crippen MR) is 67.9 cm³/mol. The van der Waals surface area contributed by atoms with Crippen LogP contribution in [0.3, 0.4) is 0 Å². The maximum absolute atomic E-state index is 8.73. The lowest BCUT2D eigenvalue weighted by atomic mass is 10.2. The number of aliphatic hydroxyl groups excluding tert-OH is 1. The van der Waals surface area contributed by atoms with Gasteiger partial charge in [0, 0.05) is 11.6 Å². The van der Waals surface area contributed by atoms with Gasteiger partial charge in [0.1, 0.15) is 12.4 Å². The van der Waals surface area contributed by atoms with Crippen molar-refractivity contribution in [2.45, 2.75) is 0 Å². The normalized spacial score (nSPS) is 10.1. The van der Waals surface area contributed by atoms with Crippen molar-refractivity contribution in [1.29, 1.82) is 0 Å². The summed E-state index contributed by atoms with van der Waals surface area (Å²) < 4.78 is 5.26. The van der Waals surface area contributed by atoms with Crippen LogP contribution in [-0.2, 0) is 0 Å². The minimum Gasteiger partial charge on any atom is -0.475 e. The molecular formula is C12H14N4O2. The van der Waals surface area contributed by atoms with Gasteiger partial charge in [0.25, 0.3) is 0 Å². The zero-order valence-electron chi connectivity index (χ0n) is 9.71. The van der Waals surface area contributed by atoms with Crippen LogP contribution in [0.5, 0.6) is 5.88 Å². The van der Waals surface area contributed by atoms with Crippen LogP contribution in [0.25, 0.3) is 11.4 Å². The van der Waals surface area contributed by atoms with Crippen LogP contribution >= 0.6 is 0 Å². The summed E-state index contributed by atoms with van der Waals surface area (Å²) in [5.74, 6) is 6.68. The van der Waals surface area contributed by atoms with Crippen molar-refractivity contribution < 1.29 is 9.84 Å². The van der Waals surface area contributed by atoms with Gasteiger partial charge >= 0.3 is 0 Å². The molecule has 6 nitrogen and oxygen atoms in total. The van der Waals surface area contributed by atoms with E-state index in [1.54, 1.807) is 6.07 Å². The smallest absolute Gasteiger partial charge is 0.219 e. The number of rotatable bonds is 5. The van der Waals surface area contributed by atoms with Crippen molar-refractivity contribution in [3.8, 4) is 17.3 Å². The molecule has 4 N–H and O–H groups in total. The highest BCUT2D eigenvalue weighted by atomic mass is 16.5. The highest BCUT2D eigenvalue weighted by molar-refractivity contribution is 5.57. The first-order chi connectivity index (χ1) is 8.83. The maximum atomic E-state index is 8.73. The Hall–Kier alpha value is -2.18. The van der Waals surface area contributed by atoms with E-state index in [4.69, 9.17) is 15.7 Å². The summed E-state index contributed by atoms with van der Waals surface area (Å²) in [6, 6.07) is 11.1. The molecule has 0 aliphatic heterocycles.